The summed E-state index contributed by atoms with van der Waals surface area (Å²) in [6, 6.07) is 14.4. The SMILES string of the molecule is O=C(O)CC1(c2ccc(-c3cnc(Nc4ccccc4F)o3)cc2)CCCCC1. The molecular formula is C23H23FN2O3. The third-order valence-electron chi connectivity index (χ3n) is 5.70. The van der Waals surface area contributed by atoms with E-state index in [9.17, 15) is 14.3 Å². The molecule has 0 amide bonds. The number of para-hydroxylation sites is 1. The normalized spacial score (nSPS) is 15.8. The number of nitrogens with one attached hydrogen (secondary N) is 1. The predicted molar refractivity (Wildman–Crippen MR) is 109 cm³/mol. The van der Waals surface area contributed by atoms with Crippen molar-refractivity contribution in [3.05, 3.63) is 66.1 Å². The zero-order valence-electron chi connectivity index (χ0n) is 16.0. The Labute approximate surface area is 168 Å². The van der Waals surface area contributed by atoms with Crippen molar-refractivity contribution < 1.29 is 18.7 Å². The largest absolute Gasteiger partial charge is 0.481 e. The van der Waals surface area contributed by atoms with Gasteiger partial charge in [0.1, 0.15) is 5.82 Å². The second-order valence-electron chi connectivity index (χ2n) is 7.62. The molecule has 5 nitrogen and oxygen atoms in total. The first-order valence-corrected chi connectivity index (χ1v) is 9.86. The van der Waals surface area contributed by atoms with E-state index in [0.29, 0.717) is 11.4 Å². The maximum atomic E-state index is 13.8. The fourth-order valence-corrected chi connectivity index (χ4v) is 4.22. The number of aliphatic carboxylic acids is 1. The highest BCUT2D eigenvalue weighted by Crippen LogP contribution is 2.42. The van der Waals surface area contributed by atoms with Gasteiger partial charge in [0.25, 0.3) is 6.01 Å². The summed E-state index contributed by atoms with van der Waals surface area (Å²) >= 11 is 0. The summed E-state index contributed by atoms with van der Waals surface area (Å²) in [7, 11) is 0. The lowest BCUT2D eigenvalue weighted by molar-refractivity contribution is -0.138. The molecule has 0 bridgehead atoms. The third kappa shape index (κ3) is 4.16. The van der Waals surface area contributed by atoms with Crippen LogP contribution in [0, 0.1) is 5.82 Å². The van der Waals surface area contributed by atoms with Gasteiger partial charge in [-0.2, -0.15) is 0 Å². The lowest BCUT2D eigenvalue weighted by Gasteiger charge is -2.36. The summed E-state index contributed by atoms with van der Waals surface area (Å²) in [6.07, 6.45) is 6.83. The van der Waals surface area contributed by atoms with Crippen molar-refractivity contribution in [3.8, 4) is 11.3 Å². The van der Waals surface area contributed by atoms with Crippen LogP contribution in [0.1, 0.15) is 44.1 Å². The van der Waals surface area contributed by atoms with Crippen LogP contribution >= 0.6 is 0 Å². The minimum absolute atomic E-state index is 0.158. The number of rotatable bonds is 6. The second-order valence-corrected chi connectivity index (χ2v) is 7.62. The van der Waals surface area contributed by atoms with Gasteiger partial charge in [-0.15, -0.1) is 0 Å². The van der Waals surface area contributed by atoms with Crippen molar-refractivity contribution in [3.63, 3.8) is 0 Å². The van der Waals surface area contributed by atoms with Gasteiger partial charge in [-0.05, 0) is 30.5 Å². The number of halogens is 1. The quantitative estimate of drug-likeness (QED) is 0.544. The molecule has 29 heavy (non-hydrogen) atoms. The van der Waals surface area contributed by atoms with Gasteiger partial charge in [-0.3, -0.25) is 4.79 Å². The van der Waals surface area contributed by atoms with E-state index in [4.69, 9.17) is 4.42 Å². The lowest BCUT2D eigenvalue weighted by atomic mass is 9.67. The van der Waals surface area contributed by atoms with E-state index in [1.807, 2.05) is 24.3 Å². The van der Waals surface area contributed by atoms with Crippen LogP contribution in [0.15, 0.2) is 59.1 Å². The second kappa shape index (κ2) is 8.07. The number of anilines is 2. The van der Waals surface area contributed by atoms with E-state index in [2.05, 4.69) is 10.3 Å². The van der Waals surface area contributed by atoms with Gasteiger partial charge in [0, 0.05) is 11.0 Å². The van der Waals surface area contributed by atoms with Crippen molar-refractivity contribution >= 4 is 17.7 Å². The molecule has 0 radical (unpaired) electrons. The molecular weight excluding hydrogens is 371 g/mol. The average Bonchev–Trinajstić information content (AvgIpc) is 3.19. The van der Waals surface area contributed by atoms with Gasteiger partial charge in [-0.1, -0.05) is 55.7 Å². The Bertz CT molecular complexity index is 991. The summed E-state index contributed by atoms with van der Waals surface area (Å²) in [5, 5.41) is 12.2. The highest BCUT2D eigenvalue weighted by molar-refractivity contribution is 5.69. The highest BCUT2D eigenvalue weighted by atomic mass is 19.1. The number of nitrogens with zero attached hydrogens (tertiary/aromatic N) is 1. The Hall–Kier alpha value is -3.15. The zero-order chi connectivity index (χ0) is 20.3. The van der Waals surface area contributed by atoms with E-state index in [0.717, 1.165) is 43.2 Å². The van der Waals surface area contributed by atoms with Crippen molar-refractivity contribution in [2.75, 3.05) is 5.32 Å². The number of aromatic nitrogens is 1. The Kier molecular flexibility index (Phi) is 5.34. The van der Waals surface area contributed by atoms with Crippen molar-refractivity contribution in [1.29, 1.82) is 0 Å². The molecule has 0 unspecified atom stereocenters. The molecule has 1 fully saturated rings. The van der Waals surface area contributed by atoms with E-state index in [1.165, 1.54) is 6.07 Å². The first kappa shape index (κ1) is 19.2. The Morgan fingerprint density at radius 3 is 2.52 bits per heavy atom. The molecule has 1 aliphatic carbocycles. The molecule has 1 aliphatic rings. The molecule has 2 N–H and O–H groups in total. The monoisotopic (exact) mass is 394 g/mol. The number of benzene rings is 2. The molecule has 150 valence electrons. The van der Waals surface area contributed by atoms with E-state index < -0.39 is 5.97 Å². The maximum absolute atomic E-state index is 13.8. The summed E-state index contributed by atoms with van der Waals surface area (Å²) in [6.45, 7) is 0. The van der Waals surface area contributed by atoms with Gasteiger partial charge < -0.3 is 14.8 Å². The van der Waals surface area contributed by atoms with Gasteiger partial charge in [-0.25, -0.2) is 9.37 Å². The summed E-state index contributed by atoms with van der Waals surface area (Å²) in [5.74, 6) is -0.575. The third-order valence-corrected chi connectivity index (χ3v) is 5.70. The molecule has 0 spiro atoms. The van der Waals surface area contributed by atoms with E-state index >= 15 is 0 Å². The van der Waals surface area contributed by atoms with Crippen molar-refractivity contribution in [2.24, 2.45) is 0 Å². The molecule has 0 atom stereocenters. The van der Waals surface area contributed by atoms with Crippen molar-refractivity contribution in [1.82, 2.24) is 4.98 Å². The molecule has 2 aromatic carbocycles. The molecule has 1 saturated carbocycles. The van der Waals surface area contributed by atoms with Crippen LogP contribution in [0.5, 0.6) is 0 Å². The number of oxazole rings is 1. The molecule has 0 aliphatic heterocycles. The minimum atomic E-state index is -0.755. The van der Waals surface area contributed by atoms with Gasteiger partial charge in [0.2, 0.25) is 0 Å². The molecule has 6 heteroatoms. The first-order valence-electron chi connectivity index (χ1n) is 9.86. The van der Waals surface area contributed by atoms with Crippen molar-refractivity contribution in [2.45, 2.75) is 43.9 Å². The number of carboxylic acid groups (broad SMARTS) is 1. The van der Waals surface area contributed by atoms with E-state index in [1.54, 1.807) is 24.4 Å². The molecule has 1 aromatic heterocycles. The fourth-order valence-electron chi connectivity index (χ4n) is 4.22. The predicted octanol–water partition coefficient (Wildman–Crippen LogP) is 5.90. The number of hydrogen-bond acceptors (Lipinski definition) is 4. The van der Waals surface area contributed by atoms with Crippen LogP contribution in [-0.2, 0) is 10.2 Å². The summed E-state index contributed by atoms with van der Waals surface area (Å²) < 4.78 is 19.5. The minimum Gasteiger partial charge on any atom is -0.481 e. The van der Waals surface area contributed by atoms with Crippen LogP contribution in [0.3, 0.4) is 0 Å². The van der Waals surface area contributed by atoms with Crippen LogP contribution in [0.4, 0.5) is 16.1 Å². The van der Waals surface area contributed by atoms with Crippen LogP contribution in [0.25, 0.3) is 11.3 Å². The van der Waals surface area contributed by atoms with Gasteiger partial charge >= 0.3 is 5.97 Å². The first-order chi connectivity index (χ1) is 14.1. The molecule has 3 aromatic rings. The lowest BCUT2D eigenvalue weighted by Crippen LogP contribution is -2.31. The Morgan fingerprint density at radius 2 is 1.83 bits per heavy atom. The number of carbonyl (C=O) groups is 1. The standard InChI is InChI=1S/C23H23FN2O3/c24-18-6-2-3-7-19(18)26-22-25-15-20(29-22)16-8-10-17(11-9-16)23(14-21(27)28)12-4-1-5-13-23/h2-3,6-11,15H,1,4-5,12-14H2,(H,25,26)(H,27,28). The average molecular weight is 394 g/mol. The van der Waals surface area contributed by atoms with Crippen LogP contribution < -0.4 is 5.32 Å². The smallest absolute Gasteiger partial charge is 0.304 e. The maximum Gasteiger partial charge on any atom is 0.304 e. The number of hydrogen-bond donors (Lipinski definition) is 2. The number of carboxylic acids is 1. The Morgan fingerprint density at radius 1 is 1.10 bits per heavy atom. The van der Waals surface area contributed by atoms with Gasteiger partial charge in [0.05, 0.1) is 18.3 Å². The van der Waals surface area contributed by atoms with Gasteiger partial charge in [0.15, 0.2) is 5.76 Å². The summed E-state index contributed by atoms with van der Waals surface area (Å²) in [4.78, 5) is 15.6. The zero-order valence-corrected chi connectivity index (χ0v) is 16.0. The fraction of sp³-hybridized carbons (Fsp3) is 0.304. The Balaban J connectivity index is 1.54. The topological polar surface area (TPSA) is 75.4 Å². The summed E-state index contributed by atoms with van der Waals surface area (Å²) in [5.41, 5.74) is 1.91. The molecule has 4 rings (SSSR count). The van der Waals surface area contributed by atoms with E-state index in [-0.39, 0.29) is 23.7 Å². The molecule has 0 saturated heterocycles. The molecule has 1 heterocycles. The van der Waals surface area contributed by atoms with Crippen LogP contribution in [0.2, 0.25) is 0 Å². The highest BCUT2D eigenvalue weighted by Gasteiger charge is 2.36. The van der Waals surface area contributed by atoms with Crippen LogP contribution in [-0.4, -0.2) is 16.1 Å².